The topological polar surface area (TPSA) is 43.8 Å². The second kappa shape index (κ2) is 1.76. The summed E-state index contributed by atoms with van der Waals surface area (Å²) in [5.41, 5.74) is 0.303. The van der Waals surface area contributed by atoms with E-state index in [2.05, 4.69) is 0 Å². The van der Waals surface area contributed by atoms with Crippen LogP contribution in [0.25, 0.3) is 0 Å². The Bertz CT molecular complexity index is 249. The van der Waals surface area contributed by atoms with Crippen LogP contribution in [0.15, 0.2) is 0 Å². The van der Waals surface area contributed by atoms with E-state index in [1.807, 2.05) is 0 Å². The van der Waals surface area contributed by atoms with E-state index in [-0.39, 0.29) is 12.1 Å². The lowest BCUT2D eigenvalue weighted by Gasteiger charge is -2.29. The molecule has 1 saturated carbocycles. The fourth-order valence-corrected chi connectivity index (χ4v) is 2.55. The summed E-state index contributed by atoms with van der Waals surface area (Å²) < 4.78 is 0. The molecule has 2 saturated heterocycles. The minimum Gasteiger partial charge on any atom is -0.321 e. The number of amides is 2. The molecular weight excluding hydrogens is 156 g/mol. The molecule has 0 aromatic rings. The van der Waals surface area contributed by atoms with Crippen LogP contribution in [0.3, 0.4) is 0 Å². The number of urea groups is 1. The Labute approximate surface area is 70.7 Å². The van der Waals surface area contributed by atoms with Crippen LogP contribution in [-0.4, -0.2) is 40.3 Å². The number of nitrogens with zero attached hydrogens (tertiary/aromatic N) is 2. The largest absolute Gasteiger partial charge is 0.344 e. The van der Waals surface area contributed by atoms with Crippen LogP contribution in [-0.2, 0) is 0 Å². The Balaban J connectivity index is 1.96. The summed E-state index contributed by atoms with van der Waals surface area (Å²) in [5.74, 6) is 0. The van der Waals surface area contributed by atoms with Gasteiger partial charge >= 0.3 is 6.03 Å². The first-order valence-corrected chi connectivity index (χ1v) is 4.50. The molecule has 0 aromatic carbocycles. The van der Waals surface area contributed by atoms with Crippen molar-refractivity contribution in [3.8, 4) is 0 Å². The quantitative estimate of drug-likeness (QED) is 0.540. The van der Waals surface area contributed by atoms with E-state index in [4.69, 9.17) is 0 Å². The zero-order chi connectivity index (χ0) is 8.34. The van der Waals surface area contributed by atoms with Crippen molar-refractivity contribution in [1.82, 2.24) is 9.96 Å². The van der Waals surface area contributed by atoms with Gasteiger partial charge in [0, 0.05) is 13.1 Å². The molecule has 0 aromatic heterocycles. The zero-order valence-corrected chi connectivity index (χ0v) is 6.86. The molecule has 2 amide bonds. The molecule has 1 unspecified atom stereocenters. The number of fused-ring (bicyclic) bond motifs is 3. The molecule has 1 spiro atoms. The summed E-state index contributed by atoms with van der Waals surface area (Å²) in [7, 11) is 0. The fraction of sp³-hybridized carbons (Fsp3) is 0.875. The van der Waals surface area contributed by atoms with Crippen molar-refractivity contribution in [3.63, 3.8) is 0 Å². The van der Waals surface area contributed by atoms with Crippen molar-refractivity contribution in [3.05, 3.63) is 0 Å². The van der Waals surface area contributed by atoms with Gasteiger partial charge in [0.1, 0.15) is 0 Å². The van der Waals surface area contributed by atoms with Gasteiger partial charge in [-0.3, -0.25) is 5.21 Å². The van der Waals surface area contributed by atoms with Crippen LogP contribution < -0.4 is 0 Å². The maximum Gasteiger partial charge on any atom is 0.344 e. The van der Waals surface area contributed by atoms with Crippen LogP contribution in [0.2, 0.25) is 0 Å². The summed E-state index contributed by atoms with van der Waals surface area (Å²) >= 11 is 0. The molecule has 1 N–H and O–H groups in total. The van der Waals surface area contributed by atoms with Crippen molar-refractivity contribution in [2.24, 2.45) is 5.41 Å². The first-order valence-electron chi connectivity index (χ1n) is 4.50. The highest BCUT2D eigenvalue weighted by atomic mass is 16.5. The van der Waals surface area contributed by atoms with Gasteiger partial charge < -0.3 is 4.90 Å². The van der Waals surface area contributed by atoms with Crippen LogP contribution >= 0.6 is 0 Å². The number of carbonyl (C=O) groups is 1. The van der Waals surface area contributed by atoms with E-state index >= 15 is 0 Å². The van der Waals surface area contributed by atoms with Crippen molar-refractivity contribution in [1.29, 1.82) is 0 Å². The molecule has 3 rings (SSSR count). The average Bonchev–Trinajstić information content (AvgIpc) is 2.80. The summed E-state index contributed by atoms with van der Waals surface area (Å²) in [6, 6.07) is -0.0949. The van der Waals surface area contributed by atoms with Crippen LogP contribution in [0.1, 0.15) is 19.3 Å². The van der Waals surface area contributed by atoms with Crippen LogP contribution in [0, 0.1) is 5.41 Å². The minimum absolute atomic E-state index is 0.0961. The highest BCUT2D eigenvalue weighted by Crippen LogP contribution is 2.56. The molecular formula is C8H12N2O2. The van der Waals surface area contributed by atoms with E-state index in [0.29, 0.717) is 5.41 Å². The second-order valence-electron chi connectivity index (χ2n) is 4.20. The third-order valence-electron chi connectivity index (χ3n) is 3.63. The fourth-order valence-electron chi connectivity index (χ4n) is 2.55. The first kappa shape index (κ1) is 6.71. The highest BCUT2D eigenvalue weighted by Gasteiger charge is 2.59. The standard InChI is InChI=1S/C8H12N2O2/c11-7-9-4-3-8(1-2-8)6(5-9)10(7)12/h6,12H,1-5H2. The Morgan fingerprint density at radius 1 is 1.42 bits per heavy atom. The minimum atomic E-state index is -0.191. The van der Waals surface area contributed by atoms with Crippen molar-refractivity contribution in [2.75, 3.05) is 13.1 Å². The normalized spacial score (nSPS) is 36.4. The lowest BCUT2D eigenvalue weighted by atomic mass is 9.90. The average molecular weight is 168 g/mol. The lowest BCUT2D eigenvalue weighted by molar-refractivity contribution is -0.0771. The highest BCUT2D eigenvalue weighted by molar-refractivity contribution is 5.76. The van der Waals surface area contributed by atoms with Gasteiger partial charge in [-0.2, -0.15) is 0 Å². The third-order valence-corrected chi connectivity index (χ3v) is 3.63. The molecule has 2 bridgehead atoms. The molecule has 2 aliphatic heterocycles. The number of piperidine rings is 1. The number of hydrogen-bond donors (Lipinski definition) is 1. The molecule has 12 heavy (non-hydrogen) atoms. The van der Waals surface area contributed by atoms with Crippen molar-refractivity contribution in [2.45, 2.75) is 25.3 Å². The lowest BCUT2D eigenvalue weighted by Crippen LogP contribution is -2.40. The number of rotatable bonds is 0. The molecule has 4 heteroatoms. The van der Waals surface area contributed by atoms with Gasteiger partial charge in [0.05, 0.1) is 6.04 Å². The summed E-state index contributed by atoms with van der Waals surface area (Å²) in [5, 5.41) is 10.4. The molecule has 2 heterocycles. The van der Waals surface area contributed by atoms with Gasteiger partial charge in [0.15, 0.2) is 0 Å². The SMILES string of the molecule is O=C1N2CCC3(CC3)C(C2)N1O. The van der Waals surface area contributed by atoms with Crippen molar-refractivity contribution >= 4 is 6.03 Å². The summed E-state index contributed by atoms with van der Waals surface area (Å²) in [4.78, 5) is 13.0. The number of carbonyl (C=O) groups excluding carboxylic acids is 1. The number of hydroxylamine groups is 2. The Kier molecular flexibility index (Phi) is 0.987. The number of hydrogen-bond acceptors (Lipinski definition) is 2. The first-order chi connectivity index (χ1) is 5.73. The Hall–Kier alpha value is -0.770. The van der Waals surface area contributed by atoms with Crippen LogP contribution in [0.5, 0.6) is 0 Å². The predicted octanol–water partition coefficient (Wildman–Crippen LogP) is 0.666. The predicted molar refractivity (Wildman–Crippen MR) is 40.7 cm³/mol. The summed E-state index contributed by atoms with van der Waals surface area (Å²) in [6.07, 6.45) is 3.46. The van der Waals surface area contributed by atoms with E-state index < -0.39 is 0 Å². The maximum absolute atomic E-state index is 11.3. The molecule has 3 fully saturated rings. The molecule has 1 atom stereocenters. The van der Waals surface area contributed by atoms with Gasteiger partial charge in [0.25, 0.3) is 0 Å². The molecule has 0 radical (unpaired) electrons. The molecule has 3 aliphatic rings. The van der Waals surface area contributed by atoms with Gasteiger partial charge in [-0.1, -0.05) is 0 Å². The Morgan fingerprint density at radius 2 is 2.17 bits per heavy atom. The van der Waals surface area contributed by atoms with Crippen LogP contribution in [0.4, 0.5) is 4.79 Å². The smallest absolute Gasteiger partial charge is 0.321 e. The van der Waals surface area contributed by atoms with Gasteiger partial charge in [-0.15, -0.1) is 0 Å². The van der Waals surface area contributed by atoms with Crippen molar-refractivity contribution < 1.29 is 10.0 Å². The van der Waals surface area contributed by atoms with E-state index in [1.54, 1.807) is 4.90 Å². The molecule has 1 aliphatic carbocycles. The third kappa shape index (κ3) is 0.602. The van der Waals surface area contributed by atoms with Gasteiger partial charge in [-0.25, -0.2) is 9.86 Å². The van der Waals surface area contributed by atoms with E-state index in [9.17, 15) is 10.0 Å². The maximum atomic E-state index is 11.3. The zero-order valence-electron chi connectivity index (χ0n) is 6.86. The van der Waals surface area contributed by atoms with E-state index in [1.165, 1.54) is 12.8 Å². The second-order valence-corrected chi connectivity index (χ2v) is 4.20. The van der Waals surface area contributed by atoms with Gasteiger partial charge in [0.2, 0.25) is 0 Å². The van der Waals surface area contributed by atoms with E-state index in [0.717, 1.165) is 24.6 Å². The Morgan fingerprint density at radius 3 is 2.83 bits per heavy atom. The van der Waals surface area contributed by atoms with Gasteiger partial charge in [-0.05, 0) is 24.7 Å². The molecule has 4 nitrogen and oxygen atoms in total. The molecule has 66 valence electrons. The summed E-state index contributed by atoms with van der Waals surface area (Å²) in [6.45, 7) is 1.59. The monoisotopic (exact) mass is 168 g/mol.